The molecule has 3 rings (SSSR count). The smallest absolute Gasteiger partial charge is 0.317 e. The first-order valence-corrected chi connectivity index (χ1v) is 9.02. The van der Waals surface area contributed by atoms with Gasteiger partial charge in [0.2, 0.25) is 5.91 Å². The number of amides is 1. The van der Waals surface area contributed by atoms with Crippen molar-refractivity contribution in [1.82, 2.24) is 4.90 Å². The molecule has 1 amide bonds. The summed E-state index contributed by atoms with van der Waals surface area (Å²) >= 11 is 1.51. The van der Waals surface area contributed by atoms with Crippen molar-refractivity contribution in [3.8, 4) is 5.75 Å². The van der Waals surface area contributed by atoms with Crippen molar-refractivity contribution in [2.45, 2.75) is 18.0 Å². The Morgan fingerprint density at radius 3 is 2.72 bits per heavy atom. The molecule has 136 valence electrons. The van der Waals surface area contributed by atoms with Crippen LogP contribution in [0.25, 0.3) is 0 Å². The van der Waals surface area contributed by atoms with E-state index in [-0.39, 0.29) is 37.0 Å². The van der Waals surface area contributed by atoms with Crippen molar-refractivity contribution in [3.63, 3.8) is 0 Å². The summed E-state index contributed by atoms with van der Waals surface area (Å²) < 4.78 is 15.9. The average molecular weight is 366 g/mol. The van der Waals surface area contributed by atoms with E-state index < -0.39 is 11.5 Å². The highest BCUT2D eigenvalue weighted by Gasteiger charge is 2.56. The lowest BCUT2D eigenvalue weighted by atomic mass is 9.88. The number of hydrogen-bond acceptors (Lipinski definition) is 7. The minimum Gasteiger partial charge on any atom is -0.497 e. The van der Waals surface area contributed by atoms with Gasteiger partial charge in [0, 0.05) is 19.4 Å². The third-order valence-corrected chi connectivity index (χ3v) is 6.18. The number of benzene rings is 1. The number of thioether (sulfide) groups is 1. The quantitative estimate of drug-likeness (QED) is 0.583. The van der Waals surface area contributed by atoms with Crippen molar-refractivity contribution in [1.29, 1.82) is 0 Å². The minimum atomic E-state index is -0.863. The zero-order valence-electron chi connectivity index (χ0n) is 14.3. The van der Waals surface area contributed by atoms with Gasteiger partial charge in [-0.2, -0.15) is 0 Å². The lowest BCUT2D eigenvalue weighted by molar-refractivity contribution is -0.166. The van der Waals surface area contributed by atoms with Gasteiger partial charge in [-0.15, -0.1) is 11.8 Å². The van der Waals surface area contributed by atoms with E-state index in [2.05, 4.69) is 0 Å². The predicted molar refractivity (Wildman–Crippen MR) is 93.0 cm³/mol. The summed E-state index contributed by atoms with van der Waals surface area (Å²) in [6.45, 7) is 0.648. The second-order valence-electron chi connectivity index (χ2n) is 6.33. The molecule has 0 saturated carbocycles. The molecular weight excluding hydrogens is 344 g/mol. The second-order valence-corrected chi connectivity index (χ2v) is 7.44. The number of esters is 1. The van der Waals surface area contributed by atoms with E-state index in [9.17, 15) is 9.59 Å². The summed E-state index contributed by atoms with van der Waals surface area (Å²) in [7, 11) is 3.14. The molecule has 25 heavy (non-hydrogen) atoms. The molecule has 2 saturated heterocycles. The molecule has 2 heterocycles. The Morgan fingerprint density at radius 1 is 1.36 bits per heavy atom. The number of fused-ring (bicyclic) bond motifs is 1. The van der Waals surface area contributed by atoms with Gasteiger partial charge in [-0.3, -0.25) is 9.59 Å². The number of rotatable bonds is 6. The summed E-state index contributed by atoms with van der Waals surface area (Å²) in [5.41, 5.74) is 5.81. The van der Waals surface area contributed by atoms with Crippen molar-refractivity contribution < 1.29 is 23.8 Å². The topological polar surface area (TPSA) is 91.1 Å². The third kappa shape index (κ3) is 3.33. The minimum absolute atomic E-state index is 0.0492. The first-order valence-electron chi connectivity index (χ1n) is 7.97. The van der Waals surface area contributed by atoms with Crippen LogP contribution in [0.15, 0.2) is 24.3 Å². The summed E-state index contributed by atoms with van der Waals surface area (Å²) in [6.07, 6.45) is 0. The van der Waals surface area contributed by atoms with Crippen molar-refractivity contribution >= 4 is 23.6 Å². The van der Waals surface area contributed by atoms with Gasteiger partial charge in [0.1, 0.15) is 29.2 Å². The Bertz CT molecular complexity index is 653. The highest BCUT2D eigenvalue weighted by molar-refractivity contribution is 8.00. The SMILES string of the molecule is COCC1(C(=O)OCc2ccc(OC)cc2)CS[C@@H]2C(N)C(=O)N2C1. The van der Waals surface area contributed by atoms with E-state index in [4.69, 9.17) is 19.9 Å². The van der Waals surface area contributed by atoms with Crippen molar-refractivity contribution in [3.05, 3.63) is 29.8 Å². The van der Waals surface area contributed by atoms with Crippen LogP contribution in [0.3, 0.4) is 0 Å². The van der Waals surface area contributed by atoms with Crippen LogP contribution in [0, 0.1) is 5.41 Å². The predicted octanol–water partition coefficient (Wildman–Crippen LogP) is 0.614. The summed E-state index contributed by atoms with van der Waals surface area (Å²) in [5, 5.41) is -0.0492. The van der Waals surface area contributed by atoms with Crippen molar-refractivity contribution in [2.75, 3.05) is 33.1 Å². The highest BCUT2D eigenvalue weighted by Crippen LogP contribution is 2.42. The normalized spacial score (nSPS) is 28.1. The van der Waals surface area contributed by atoms with Crippen LogP contribution in [0.5, 0.6) is 5.75 Å². The number of methoxy groups -OCH3 is 2. The van der Waals surface area contributed by atoms with E-state index >= 15 is 0 Å². The molecule has 2 aliphatic heterocycles. The standard InChI is InChI=1S/C17H22N2O5S/c1-22-9-17(8-19-14(20)13(18)15(19)25-10-17)16(21)24-7-11-3-5-12(23-2)6-4-11/h3-6,13,15H,7-10,18H2,1-2H3/t13?,15-,17?/m1/s1. The second kappa shape index (κ2) is 7.23. The highest BCUT2D eigenvalue weighted by atomic mass is 32.2. The molecule has 0 radical (unpaired) electrons. The lowest BCUT2D eigenvalue weighted by Gasteiger charge is -2.52. The molecule has 1 aromatic carbocycles. The number of carbonyl (C=O) groups is 2. The Kier molecular flexibility index (Phi) is 5.21. The molecule has 0 spiro atoms. The average Bonchev–Trinajstić information content (AvgIpc) is 2.65. The number of hydrogen-bond donors (Lipinski definition) is 1. The Labute approximate surface area is 150 Å². The van der Waals surface area contributed by atoms with Crippen LogP contribution in [0.1, 0.15) is 5.56 Å². The molecule has 7 nitrogen and oxygen atoms in total. The maximum Gasteiger partial charge on any atom is 0.317 e. The van der Waals surface area contributed by atoms with Gasteiger partial charge >= 0.3 is 5.97 Å². The van der Waals surface area contributed by atoms with Gasteiger partial charge in [-0.25, -0.2) is 0 Å². The molecule has 0 aromatic heterocycles. The van der Waals surface area contributed by atoms with Crippen LogP contribution in [-0.4, -0.2) is 61.3 Å². The fourth-order valence-electron chi connectivity index (χ4n) is 3.10. The number of β-lactam (4-membered cyclic amide) rings is 1. The maximum absolute atomic E-state index is 12.8. The van der Waals surface area contributed by atoms with E-state index in [1.54, 1.807) is 19.1 Å². The summed E-state index contributed by atoms with van der Waals surface area (Å²) in [6, 6.07) is 6.85. The van der Waals surface area contributed by atoms with E-state index in [1.807, 2.05) is 24.3 Å². The van der Waals surface area contributed by atoms with Crippen LogP contribution in [-0.2, 0) is 25.7 Å². The zero-order valence-corrected chi connectivity index (χ0v) is 15.1. The Hall–Kier alpha value is -1.77. The van der Waals surface area contributed by atoms with Crippen LogP contribution in [0.2, 0.25) is 0 Å². The molecule has 3 atom stereocenters. The number of nitrogens with two attached hydrogens (primary N) is 1. The zero-order chi connectivity index (χ0) is 18.0. The monoisotopic (exact) mass is 366 g/mol. The molecule has 0 bridgehead atoms. The van der Waals surface area contributed by atoms with Gasteiger partial charge < -0.3 is 24.8 Å². The first-order chi connectivity index (χ1) is 12.0. The van der Waals surface area contributed by atoms with Gasteiger partial charge in [-0.05, 0) is 17.7 Å². The summed E-state index contributed by atoms with van der Waals surface area (Å²) in [5.74, 6) is 0.781. The molecule has 1 aromatic rings. The van der Waals surface area contributed by atoms with Crippen LogP contribution >= 0.6 is 11.8 Å². The number of carbonyl (C=O) groups excluding carboxylic acids is 2. The molecule has 0 aliphatic carbocycles. The lowest BCUT2D eigenvalue weighted by Crippen LogP contribution is -2.72. The van der Waals surface area contributed by atoms with Crippen LogP contribution < -0.4 is 10.5 Å². The largest absolute Gasteiger partial charge is 0.497 e. The fourth-order valence-corrected chi connectivity index (χ4v) is 4.56. The van der Waals surface area contributed by atoms with Crippen LogP contribution in [0.4, 0.5) is 0 Å². The maximum atomic E-state index is 12.8. The third-order valence-electron chi connectivity index (χ3n) is 4.57. The molecule has 2 unspecified atom stereocenters. The Morgan fingerprint density at radius 2 is 2.08 bits per heavy atom. The Balaban J connectivity index is 1.65. The van der Waals surface area contributed by atoms with Gasteiger partial charge in [0.15, 0.2) is 0 Å². The number of nitrogens with zero attached hydrogens (tertiary/aromatic N) is 1. The van der Waals surface area contributed by atoms with Gasteiger partial charge in [0.25, 0.3) is 0 Å². The molecule has 2 N–H and O–H groups in total. The first kappa shape index (κ1) is 18.0. The van der Waals surface area contributed by atoms with E-state index in [1.165, 1.54) is 11.8 Å². The van der Waals surface area contributed by atoms with E-state index in [0.29, 0.717) is 5.75 Å². The fraction of sp³-hybridized carbons (Fsp3) is 0.529. The van der Waals surface area contributed by atoms with Crippen molar-refractivity contribution in [2.24, 2.45) is 11.1 Å². The number of ether oxygens (including phenoxy) is 3. The molecular formula is C17H22N2O5S. The molecule has 2 aliphatic rings. The van der Waals surface area contributed by atoms with Gasteiger partial charge in [0.05, 0.1) is 13.7 Å². The van der Waals surface area contributed by atoms with Gasteiger partial charge in [-0.1, -0.05) is 12.1 Å². The summed E-state index contributed by atoms with van der Waals surface area (Å²) in [4.78, 5) is 26.3. The molecule has 2 fully saturated rings. The molecule has 8 heteroatoms. The van der Waals surface area contributed by atoms with E-state index in [0.717, 1.165) is 11.3 Å².